The van der Waals surface area contributed by atoms with Gasteiger partial charge in [-0.1, -0.05) is 0 Å². The number of aromatic carboxylic acids is 1. The molecule has 0 aliphatic heterocycles. The van der Waals surface area contributed by atoms with E-state index in [0.29, 0.717) is 10.6 Å². The van der Waals surface area contributed by atoms with Gasteiger partial charge in [-0.15, -0.1) is 11.8 Å². The van der Waals surface area contributed by atoms with Gasteiger partial charge in [-0.25, -0.2) is 9.78 Å². The Morgan fingerprint density at radius 2 is 2.18 bits per heavy atom. The van der Waals surface area contributed by atoms with Crippen molar-refractivity contribution in [1.29, 1.82) is 0 Å². The average molecular weight is 265 g/mol. The van der Waals surface area contributed by atoms with E-state index in [2.05, 4.69) is 4.98 Å². The van der Waals surface area contributed by atoms with Gasteiger partial charge in [-0.05, 0) is 24.3 Å². The zero-order valence-electron chi connectivity index (χ0n) is 8.70. The Hall–Kier alpha value is -1.24. The Morgan fingerprint density at radius 3 is 2.76 bits per heavy atom. The van der Waals surface area contributed by atoms with Crippen molar-refractivity contribution in [3.63, 3.8) is 0 Å². The van der Waals surface area contributed by atoms with E-state index in [4.69, 9.17) is 5.11 Å². The highest BCUT2D eigenvalue weighted by Crippen LogP contribution is 2.25. The van der Waals surface area contributed by atoms with Crippen molar-refractivity contribution in [2.24, 2.45) is 0 Å². The van der Waals surface area contributed by atoms with Crippen LogP contribution in [0.15, 0.2) is 23.2 Å². The average Bonchev–Trinajstić information content (AvgIpc) is 2.23. The van der Waals surface area contributed by atoms with Crippen LogP contribution in [0.4, 0.5) is 13.2 Å². The molecule has 0 saturated carbocycles. The van der Waals surface area contributed by atoms with Crippen molar-refractivity contribution in [3.05, 3.63) is 24.0 Å². The highest BCUT2D eigenvalue weighted by Gasteiger charge is 2.25. The monoisotopic (exact) mass is 265 g/mol. The van der Waals surface area contributed by atoms with Gasteiger partial charge >= 0.3 is 12.1 Å². The Kier molecular flexibility index (Phi) is 4.80. The maximum atomic E-state index is 11.9. The zero-order chi connectivity index (χ0) is 12.9. The summed E-state index contributed by atoms with van der Waals surface area (Å²) in [6, 6.07) is 2.92. The van der Waals surface area contributed by atoms with Crippen molar-refractivity contribution in [2.45, 2.75) is 23.9 Å². The molecular weight excluding hydrogens is 255 g/mol. The number of pyridine rings is 1. The highest BCUT2D eigenvalue weighted by atomic mass is 32.2. The van der Waals surface area contributed by atoms with Crippen LogP contribution < -0.4 is 0 Å². The van der Waals surface area contributed by atoms with Gasteiger partial charge in [0.05, 0.1) is 0 Å². The summed E-state index contributed by atoms with van der Waals surface area (Å²) in [5, 5.41) is 8.67. The van der Waals surface area contributed by atoms with Crippen LogP contribution in [0.2, 0.25) is 0 Å². The summed E-state index contributed by atoms with van der Waals surface area (Å²) in [4.78, 5) is 14.8. The molecule has 0 fully saturated rings. The lowest BCUT2D eigenvalue weighted by Crippen LogP contribution is -2.06. The number of nitrogens with zero attached hydrogens (tertiary/aromatic N) is 1. The second kappa shape index (κ2) is 5.90. The van der Waals surface area contributed by atoms with E-state index in [-0.39, 0.29) is 12.1 Å². The summed E-state index contributed by atoms with van der Waals surface area (Å²) >= 11 is 1.19. The fourth-order valence-electron chi connectivity index (χ4n) is 1.08. The molecule has 0 radical (unpaired) electrons. The minimum atomic E-state index is -4.13. The summed E-state index contributed by atoms with van der Waals surface area (Å²) in [7, 11) is 0. The van der Waals surface area contributed by atoms with E-state index in [1.807, 2.05) is 0 Å². The Balaban J connectivity index is 2.42. The molecule has 0 amide bonds. The molecule has 0 atom stereocenters. The molecule has 94 valence electrons. The maximum Gasteiger partial charge on any atom is 0.389 e. The molecule has 0 saturated heterocycles. The summed E-state index contributed by atoms with van der Waals surface area (Å²) in [6.45, 7) is 0. The first kappa shape index (κ1) is 13.8. The molecule has 7 heteroatoms. The summed E-state index contributed by atoms with van der Waals surface area (Å²) in [6.07, 6.45) is -3.61. The normalized spacial score (nSPS) is 11.5. The van der Waals surface area contributed by atoms with Gasteiger partial charge in [0.15, 0.2) is 0 Å². The molecule has 0 spiro atoms. The molecule has 3 nitrogen and oxygen atoms in total. The summed E-state index contributed by atoms with van der Waals surface area (Å²) in [5.41, 5.74) is -0.106. The zero-order valence-corrected chi connectivity index (χ0v) is 9.51. The lowest BCUT2D eigenvalue weighted by Gasteiger charge is -2.05. The highest BCUT2D eigenvalue weighted by molar-refractivity contribution is 7.99. The molecule has 1 rings (SSSR count). The number of aromatic nitrogens is 1. The van der Waals surface area contributed by atoms with Gasteiger partial charge in [0.25, 0.3) is 0 Å². The van der Waals surface area contributed by atoms with E-state index < -0.39 is 18.6 Å². The third-order valence-electron chi connectivity index (χ3n) is 1.82. The second-order valence-electron chi connectivity index (χ2n) is 3.25. The lowest BCUT2D eigenvalue weighted by molar-refractivity contribution is -0.134. The van der Waals surface area contributed by atoms with Gasteiger partial charge in [0.2, 0.25) is 0 Å². The third kappa shape index (κ3) is 5.58. The molecule has 1 aromatic rings. The fraction of sp³-hybridized carbons (Fsp3) is 0.400. The van der Waals surface area contributed by atoms with E-state index in [0.717, 1.165) is 0 Å². The van der Waals surface area contributed by atoms with Crippen LogP contribution in [0.25, 0.3) is 0 Å². The molecule has 1 aromatic heterocycles. The molecule has 1 N–H and O–H groups in total. The SMILES string of the molecule is O=C(O)c1cc(SCCCC(F)(F)F)ccn1. The number of carbonyl (C=O) groups is 1. The van der Waals surface area contributed by atoms with Crippen molar-refractivity contribution >= 4 is 17.7 Å². The number of hydrogen-bond donors (Lipinski definition) is 1. The first-order valence-electron chi connectivity index (χ1n) is 4.77. The molecule has 0 bridgehead atoms. The van der Waals surface area contributed by atoms with Crippen molar-refractivity contribution in [3.8, 4) is 0 Å². The van der Waals surface area contributed by atoms with Gasteiger partial charge < -0.3 is 5.11 Å². The number of rotatable bonds is 5. The van der Waals surface area contributed by atoms with Crippen LogP contribution in [-0.2, 0) is 0 Å². The number of carboxylic acid groups (broad SMARTS) is 1. The van der Waals surface area contributed by atoms with E-state index in [1.54, 1.807) is 6.07 Å². The van der Waals surface area contributed by atoms with Crippen molar-refractivity contribution in [1.82, 2.24) is 4.98 Å². The van der Waals surface area contributed by atoms with Crippen LogP contribution in [-0.4, -0.2) is 28.0 Å². The first-order valence-corrected chi connectivity index (χ1v) is 5.76. The van der Waals surface area contributed by atoms with Crippen molar-refractivity contribution < 1.29 is 23.1 Å². The predicted molar refractivity (Wildman–Crippen MR) is 57.2 cm³/mol. The van der Waals surface area contributed by atoms with E-state index in [1.165, 1.54) is 24.0 Å². The van der Waals surface area contributed by atoms with Crippen LogP contribution in [0.1, 0.15) is 23.3 Å². The number of hydrogen-bond acceptors (Lipinski definition) is 3. The number of alkyl halides is 3. The molecule has 0 aromatic carbocycles. The van der Waals surface area contributed by atoms with Crippen molar-refractivity contribution in [2.75, 3.05) is 5.75 Å². The second-order valence-corrected chi connectivity index (χ2v) is 4.42. The number of halogens is 3. The smallest absolute Gasteiger partial charge is 0.389 e. The quantitative estimate of drug-likeness (QED) is 0.656. The van der Waals surface area contributed by atoms with Gasteiger partial charge in [0, 0.05) is 17.5 Å². The maximum absolute atomic E-state index is 11.9. The minimum absolute atomic E-state index is 0.0128. The Morgan fingerprint density at radius 1 is 1.47 bits per heavy atom. The van der Waals surface area contributed by atoms with Gasteiger partial charge in [-0.3, -0.25) is 0 Å². The summed E-state index contributed by atoms with van der Waals surface area (Å²) in [5.74, 6) is -0.856. The lowest BCUT2D eigenvalue weighted by atomic mass is 10.3. The summed E-state index contributed by atoms with van der Waals surface area (Å²) < 4.78 is 35.6. The van der Waals surface area contributed by atoms with Crippen LogP contribution in [0.3, 0.4) is 0 Å². The molecule has 17 heavy (non-hydrogen) atoms. The molecule has 0 unspecified atom stereocenters. The van der Waals surface area contributed by atoms with E-state index >= 15 is 0 Å². The number of carboxylic acids is 1. The molecular formula is C10H10F3NO2S. The first-order chi connectivity index (χ1) is 7.88. The van der Waals surface area contributed by atoms with E-state index in [9.17, 15) is 18.0 Å². The molecule has 0 aliphatic rings. The topological polar surface area (TPSA) is 50.2 Å². The molecule has 0 aliphatic carbocycles. The van der Waals surface area contributed by atoms with Gasteiger partial charge in [-0.2, -0.15) is 13.2 Å². The van der Waals surface area contributed by atoms with Crippen LogP contribution in [0, 0.1) is 0 Å². The third-order valence-corrected chi connectivity index (χ3v) is 2.90. The fourth-order valence-corrected chi connectivity index (χ4v) is 1.96. The minimum Gasteiger partial charge on any atom is -0.477 e. The molecule has 1 heterocycles. The largest absolute Gasteiger partial charge is 0.477 e. The van der Waals surface area contributed by atoms with Gasteiger partial charge in [0.1, 0.15) is 5.69 Å². The van der Waals surface area contributed by atoms with Crippen LogP contribution in [0.5, 0.6) is 0 Å². The Bertz CT molecular complexity index is 395. The Labute approximate surface area is 100 Å². The standard InChI is InChI=1S/C10H10F3NO2S/c11-10(12,13)3-1-5-17-7-2-4-14-8(6-7)9(15)16/h2,4,6H,1,3,5H2,(H,15,16). The van der Waals surface area contributed by atoms with Crippen LogP contribution >= 0.6 is 11.8 Å². The predicted octanol–water partition coefficient (Wildman–Crippen LogP) is 3.21. The number of thioether (sulfide) groups is 1.